The second-order valence-electron chi connectivity index (χ2n) is 4.17. The zero-order chi connectivity index (χ0) is 13.2. The molecule has 5 nitrogen and oxygen atoms in total. The van der Waals surface area contributed by atoms with Gasteiger partial charge in [-0.15, -0.1) is 0 Å². The molecular formula is C14H10N4O. The van der Waals surface area contributed by atoms with Crippen molar-refractivity contribution in [3.63, 3.8) is 0 Å². The zero-order valence-electron chi connectivity index (χ0n) is 9.92. The predicted molar refractivity (Wildman–Crippen MR) is 71.0 cm³/mol. The maximum atomic E-state index is 11.9. The van der Waals surface area contributed by atoms with Gasteiger partial charge in [0.05, 0.1) is 0 Å². The highest BCUT2D eigenvalue weighted by atomic mass is 16.2. The van der Waals surface area contributed by atoms with Gasteiger partial charge in [0.15, 0.2) is 12.2 Å². The fourth-order valence-electron chi connectivity index (χ4n) is 2.22. The number of guanidine groups is 1. The molecule has 2 N–H and O–H groups in total. The Bertz CT molecular complexity index is 724. The van der Waals surface area contributed by atoms with Crippen LogP contribution >= 0.6 is 0 Å². The van der Waals surface area contributed by atoms with E-state index in [2.05, 4.69) is 15.6 Å². The molecule has 2 aromatic carbocycles. The molecule has 0 bridgehead atoms. The van der Waals surface area contributed by atoms with Gasteiger partial charge in [-0.1, -0.05) is 42.5 Å². The number of nitrogens with zero attached hydrogens (tertiary/aromatic N) is 2. The van der Waals surface area contributed by atoms with Crippen LogP contribution in [-0.2, 0) is 4.79 Å². The van der Waals surface area contributed by atoms with Gasteiger partial charge in [0.25, 0.3) is 5.91 Å². The highest BCUT2D eigenvalue weighted by molar-refractivity contribution is 6.07. The summed E-state index contributed by atoms with van der Waals surface area (Å²) >= 11 is 0. The van der Waals surface area contributed by atoms with Crippen LogP contribution in [0.2, 0.25) is 0 Å². The second-order valence-corrected chi connectivity index (χ2v) is 4.17. The van der Waals surface area contributed by atoms with Crippen LogP contribution in [0, 0.1) is 11.5 Å². The zero-order valence-corrected chi connectivity index (χ0v) is 9.92. The molecule has 92 valence electrons. The molecule has 3 rings (SSSR count). The molecule has 19 heavy (non-hydrogen) atoms. The van der Waals surface area contributed by atoms with E-state index in [1.54, 1.807) is 6.19 Å². The quantitative estimate of drug-likeness (QED) is 0.594. The summed E-state index contributed by atoms with van der Waals surface area (Å²) < 4.78 is 0. The van der Waals surface area contributed by atoms with E-state index in [9.17, 15) is 4.79 Å². The fourth-order valence-corrected chi connectivity index (χ4v) is 2.22. The lowest BCUT2D eigenvalue weighted by atomic mass is 9.99. The first-order chi connectivity index (χ1) is 9.29. The molecule has 0 aliphatic carbocycles. The average molecular weight is 250 g/mol. The Hall–Kier alpha value is -2.87. The number of hydrogen-bond donors (Lipinski definition) is 2. The van der Waals surface area contributed by atoms with Crippen molar-refractivity contribution < 1.29 is 4.79 Å². The number of benzene rings is 2. The van der Waals surface area contributed by atoms with Gasteiger partial charge in [-0.25, -0.2) is 4.99 Å². The third-order valence-corrected chi connectivity index (χ3v) is 3.04. The number of nitrogens with one attached hydrogen (secondary N) is 2. The fraction of sp³-hybridized carbons (Fsp3) is 0.0714. The molecule has 1 amide bonds. The Labute approximate surface area is 109 Å². The first kappa shape index (κ1) is 11.2. The molecule has 0 saturated carbocycles. The first-order valence-electron chi connectivity index (χ1n) is 5.81. The van der Waals surface area contributed by atoms with Crippen LogP contribution in [0.3, 0.4) is 0 Å². The van der Waals surface area contributed by atoms with Crippen LogP contribution in [0.1, 0.15) is 11.6 Å². The van der Waals surface area contributed by atoms with Crippen LogP contribution < -0.4 is 10.6 Å². The van der Waals surface area contributed by atoms with Crippen LogP contribution in [0.4, 0.5) is 0 Å². The Morgan fingerprint density at radius 3 is 2.84 bits per heavy atom. The monoisotopic (exact) mass is 250 g/mol. The first-order valence-corrected chi connectivity index (χ1v) is 5.81. The lowest BCUT2D eigenvalue weighted by molar-refractivity contribution is -0.120. The van der Waals surface area contributed by atoms with Crippen LogP contribution in [0.15, 0.2) is 47.5 Å². The highest BCUT2D eigenvalue weighted by Gasteiger charge is 2.28. The molecule has 1 heterocycles. The minimum absolute atomic E-state index is 0.199. The van der Waals surface area contributed by atoms with Crippen molar-refractivity contribution in [2.24, 2.45) is 4.99 Å². The largest absolute Gasteiger partial charge is 0.294 e. The summed E-state index contributed by atoms with van der Waals surface area (Å²) in [6, 6.07) is 13.0. The topological polar surface area (TPSA) is 77.3 Å². The third-order valence-electron chi connectivity index (χ3n) is 3.04. The van der Waals surface area contributed by atoms with Crippen LogP contribution in [0.25, 0.3) is 10.8 Å². The van der Waals surface area contributed by atoms with Crippen molar-refractivity contribution in [1.29, 1.82) is 5.26 Å². The number of carbonyl (C=O) groups is 1. The van der Waals surface area contributed by atoms with Crippen molar-refractivity contribution >= 4 is 22.6 Å². The molecule has 0 fully saturated rings. The molecule has 1 unspecified atom stereocenters. The lowest BCUT2D eigenvalue weighted by Gasteiger charge is -2.08. The summed E-state index contributed by atoms with van der Waals surface area (Å²) in [6.07, 6.45) is 1.74. The molecule has 0 saturated heterocycles. The van der Waals surface area contributed by atoms with E-state index in [1.807, 2.05) is 42.5 Å². The van der Waals surface area contributed by atoms with E-state index in [1.165, 1.54) is 0 Å². The minimum atomic E-state index is -0.609. The van der Waals surface area contributed by atoms with E-state index in [4.69, 9.17) is 5.26 Å². The molecule has 0 aromatic heterocycles. The number of fused-ring (bicyclic) bond motifs is 1. The smallest absolute Gasteiger partial charge is 0.256 e. The van der Waals surface area contributed by atoms with E-state index in [0.717, 1.165) is 16.3 Å². The van der Waals surface area contributed by atoms with Gasteiger partial charge in [0, 0.05) is 0 Å². The molecule has 5 heteroatoms. The van der Waals surface area contributed by atoms with Crippen molar-refractivity contribution in [2.75, 3.05) is 0 Å². The summed E-state index contributed by atoms with van der Waals surface area (Å²) in [5.74, 6) is -0.0282. The predicted octanol–water partition coefficient (Wildman–Crippen LogP) is 1.44. The summed E-state index contributed by atoms with van der Waals surface area (Å²) in [5, 5.41) is 15.5. The molecule has 1 aliphatic heterocycles. The van der Waals surface area contributed by atoms with Gasteiger partial charge in [0.1, 0.15) is 0 Å². The molecule has 2 aromatic rings. The minimum Gasteiger partial charge on any atom is -0.294 e. The van der Waals surface area contributed by atoms with E-state index in [-0.39, 0.29) is 11.9 Å². The Morgan fingerprint density at radius 2 is 2.00 bits per heavy atom. The van der Waals surface area contributed by atoms with Gasteiger partial charge < -0.3 is 0 Å². The molecular weight excluding hydrogens is 240 g/mol. The third kappa shape index (κ3) is 1.89. The number of hydrogen-bond acceptors (Lipinski definition) is 4. The van der Waals surface area contributed by atoms with Crippen LogP contribution in [0.5, 0.6) is 0 Å². The summed E-state index contributed by atoms with van der Waals surface area (Å²) in [7, 11) is 0. The van der Waals surface area contributed by atoms with Gasteiger partial charge in [-0.3, -0.25) is 15.4 Å². The maximum absolute atomic E-state index is 11.9. The molecule has 1 aliphatic rings. The van der Waals surface area contributed by atoms with Crippen molar-refractivity contribution in [2.45, 2.75) is 6.04 Å². The molecule has 1 atom stereocenters. The van der Waals surface area contributed by atoms with Crippen molar-refractivity contribution in [3.05, 3.63) is 48.0 Å². The summed E-state index contributed by atoms with van der Waals surface area (Å²) in [5.41, 5.74) is 0.838. The normalized spacial score (nSPS) is 17.7. The number of nitriles is 1. The Balaban J connectivity index is 2.10. The standard InChI is InChI=1S/C14H10N4O/c15-8-16-14-17-12(13(19)18-14)11-7-3-5-9-4-1-2-6-10(9)11/h1-7,12H,(H2,16,17,18,19). The second kappa shape index (κ2) is 4.42. The number of carbonyl (C=O) groups excluding carboxylic acids is 1. The van der Waals surface area contributed by atoms with Crippen molar-refractivity contribution in [3.8, 4) is 6.19 Å². The number of aliphatic imine (C=N–C) groups is 1. The van der Waals surface area contributed by atoms with Crippen molar-refractivity contribution in [1.82, 2.24) is 10.6 Å². The van der Waals surface area contributed by atoms with Gasteiger partial charge in [-0.2, -0.15) is 5.26 Å². The van der Waals surface area contributed by atoms with E-state index >= 15 is 0 Å². The number of rotatable bonds is 1. The maximum Gasteiger partial charge on any atom is 0.256 e. The Kier molecular flexibility index (Phi) is 2.62. The SMILES string of the molecule is N#CNC1=NC(c2cccc3ccccc23)C(=O)N1. The highest BCUT2D eigenvalue weighted by Crippen LogP contribution is 2.28. The van der Waals surface area contributed by atoms with E-state index in [0.29, 0.717) is 0 Å². The van der Waals surface area contributed by atoms with E-state index < -0.39 is 6.04 Å². The summed E-state index contributed by atoms with van der Waals surface area (Å²) in [4.78, 5) is 16.1. The number of amides is 1. The van der Waals surface area contributed by atoms with Gasteiger partial charge in [-0.05, 0) is 16.3 Å². The molecule has 0 spiro atoms. The van der Waals surface area contributed by atoms with Gasteiger partial charge in [0.2, 0.25) is 5.96 Å². The Morgan fingerprint density at radius 1 is 1.21 bits per heavy atom. The molecule has 0 radical (unpaired) electrons. The summed E-state index contributed by atoms with van der Waals surface area (Å²) in [6.45, 7) is 0. The lowest BCUT2D eigenvalue weighted by Crippen LogP contribution is -2.33. The average Bonchev–Trinajstić information content (AvgIpc) is 2.79. The van der Waals surface area contributed by atoms with Crippen LogP contribution in [-0.4, -0.2) is 11.9 Å². The van der Waals surface area contributed by atoms with Gasteiger partial charge >= 0.3 is 0 Å².